The molecule has 1 heterocycles. The maximum absolute atomic E-state index is 12.7. The number of piperidine rings is 1. The van der Waals surface area contributed by atoms with Crippen LogP contribution < -0.4 is 5.32 Å². The fourth-order valence-corrected chi connectivity index (χ4v) is 3.77. The zero-order chi connectivity index (χ0) is 18.5. The van der Waals surface area contributed by atoms with Crippen LogP contribution in [0.3, 0.4) is 0 Å². The van der Waals surface area contributed by atoms with Crippen LogP contribution in [-0.4, -0.2) is 42.5 Å². The monoisotopic (exact) mass is 358 g/mol. The van der Waals surface area contributed by atoms with E-state index in [1.165, 1.54) is 11.1 Å². The van der Waals surface area contributed by atoms with E-state index in [0.717, 1.165) is 38.6 Å². The highest BCUT2D eigenvalue weighted by atomic mass is 16.5. The van der Waals surface area contributed by atoms with Crippen LogP contribution in [-0.2, 0) is 14.3 Å². The van der Waals surface area contributed by atoms with Gasteiger partial charge in [0.25, 0.3) is 0 Å². The highest BCUT2D eigenvalue weighted by Gasteiger charge is 2.35. The van der Waals surface area contributed by atoms with Gasteiger partial charge in [0, 0.05) is 0 Å². The summed E-state index contributed by atoms with van der Waals surface area (Å²) in [7, 11) is 0. The third-order valence-corrected chi connectivity index (χ3v) is 5.37. The molecule has 142 valence electrons. The predicted octanol–water partition coefficient (Wildman–Crippen LogP) is 2.98. The Hall–Kier alpha value is -1.88. The largest absolute Gasteiger partial charge is 0.465 e. The molecular formula is C21H30N2O3. The van der Waals surface area contributed by atoms with Crippen molar-refractivity contribution in [2.75, 3.05) is 19.7 Å². The molecule has 0 unspecified atom stereocenters. The first kappa shape index (κ1) is 18.9. The summed E-state index contributed by atoms with van der Waals surface area (Å²) in [5.74, 6) is 0.333. The van der Waals surface area contributed by atoms with Crippen molar-refractivity contribution in [3.05, 3.63) is 35.4 Å². The van der Waals surface area contributed by atoms with Crippen molar-refractivity contribution in [1.82, 2.24) is 10.2 Å². The second kappa shape index (κ2) is 8.67. The van der Waals surface area contributed by atoms with Crippen LogP contribution in [0, 0.1) is 12.8 Å². The summed E-state index contributed by atoms with van der Waals surface area (Å²) in [6, 6.07) is 8.21. The van der Waals surface area contributed by atoms with Crippen LogP contribution in [0.2, 0.25) is 0 Å². The number of nitrogens with one attached hydrogen (secondary N) is 1. The number of benzene rings is 1. The van der Waals surface area contributed by atoms with E-state index >= 15 is 0 Å². The molecular weight excluding hydrogens is 328 g/mol. The Morgan fingerprint density at radius 2 is 1.92 bits per heavy atom. The Labute approximate surface area is 156 Å². The Kier molecular flexibility index (Phi) is 6.30. The molecule has 0 spiro atoms. The minimum absolute atomic E-state index is 0.00123. The summed E-state index contributed by atoms with van der Waals surface area (Å²) < 4.78 is 5.19. The average molecular weight is 358 g/mol. The molecule has 26 heavy (non-hydrogen) atoms. The molecule has 5 heteroatoms. The minimum Gasteiger partial charge on any atom is -0.465 e. The van der Waals surface area contributed by atoms with Gasteiger partial charge in [-0.15, -0.1) is 0 Å². The molecule has 0 aromatic heterocycles. The number of rotatable bonds is 7. The van der Waals surface area contributed by atoms with Gasteiger partial charge in [0.2, 0.25) is 5.91 Å². The van der Waals surface area contributed by atoms with Crippen molar-refractivity contribution >= 4 is 11.9 Å². The zero-order valence-corrected chi connectivity index (χ0v) is 15.9. The second-order valence-corrected chi connectivity index (χ2v) is 7.53. The first-order valence-electron chi connectivity index (χ1n) is 9.85. The summed E-state index contributed by atoms with van der Waals surface area (Å²) in [4.78, 5) is 26.9. The summed E-state index contributed by atoms with van der Waals surface area (Å²) in [5, 5.41) is 3.22. The number of amides is 1. The van der Waals surface area contributed by atoms with E-state index in [1.807, 2.05) is 11.8 Å². The highest BCUT2D eigenvalue weighted by molar-refractivity contribution is 5.81. The molecule has 2 atom stereocenters. The molecule has 0 radical (unpaired) electrons. The summed E-state index contributed by atoms with van der Waals surface area (Å²) in [5.41, 5.74) is 2.40. The maximum Gasteiger partial charge on any atom is 0.323 e. The van der Waals surface area contributed by atoms with Crippen molar-refractivity contribution in [3.8, 4) is 0 Å². The van der Waals surface area contributed by atoms with Gasteiger partial charge in [-0.1, -0.05) is 36.2 Å². The first-order chi connectivity index (χ1) is 12.6. The number of esters is 1. The van der Waals surface area contributed by atoms with E-state index in [-0.39, 0.29) is 30.5 Å². The van der Waals surface area contributed by atoms with Crippen LogP contribution in [0.4, 0.5) is 0 Å². The van der Waals surface area contributed by atoms with Gasteiger partial charge in [0.15, 0.2) is 0 Å². The topological polar surface area (TPSA) is 58.6 Å². The summed E-state index contributed by atoms with van der Waals surface area (Å²) >= 11 is 0. The van der Waals surface area contributed by atoms with Gasteiger partial charge < -0.3 is 10.1 Å². The molecule has 1 saturated heterocycles. The van der Waals surface area contributed by atoms with Crippen LogP contribution in [0.1, 0.15) is 56.2 Å². The fraction of sp³-hybridized carbons (Fsp3) is 0.619. The van der Waals surface area contributed by atoms with Crippen molar-refractivity contribution < 1.29 is 14.3 Å². The molecule has 1 aromatic rings. The van der Waals surface area contributed by atoms with Crippen molar-refractivity contribution in [3.63, 3.8) is 0 Å². The fourth-order valence-electron chi connectivity index (χ4n) is 3.77. The van der Waals surface area contributed by atoms with E-state index in [4.69, 9.17) is 4.74 Å². The van der Waals surface area contributed by atoms with E-state index < -0.39 is 0 Å². The molecule has 1 N–H and O–H groups in total. The number of nitrogens with zero attached hydrogens (tertiary/aromatic N) is 1. The molecule has 3 rings (SSSR count). The van der Waals surface area contributed by atoms with Gasteiger partial charge in [-0.05, 0) is 57.6 Å². The van der Waals surface area contributed by atoms with Gasteiger partial charge in [0.05, 0.1) is 19.2 Å². The lowest BCUT2D eigenvalue weighted by molar-refractivity contribution is -0.151. The number of ether oxygens (including phenoxy) is 1. The molecule has 2 fully saturated rings. The van der Waals surface area contributed by atoms with E-state index in [1.54, 1.807) is 0 Å². The lowest BCUT2D eigenvalue weighted by atomic mass is 10.0. The lowest BCUT2D eigenvalue weighted by Gasteiger charge is -2.33. The van der Waals surface area contributed by atoms with Gasteiger partial charge in [-0.25, -0.2) is 0 Å². The Morgan fingerprint density at radius 3 is 2.58 bits per heavy atom. The van der Waals surface area contributed by atoms with Gasteiger partial charge in [0.1, 0.15) is 6.04 Å². The molecule has 2 aliphatic rings. The molecule has 1 amide bonds. The van der Waals surface area contributed by atoms with E-state index in [0.29, 0.717) is 12.5 Å². The minimum atomic E-state index is -0.284. The summed E-state index contributed by atoms with van der Waals surface area (Å²) in [6.45, 7) is 5.31. The van der Waals surface area contributed by atoms with Crippen LogP contribution in [0.15, 0.2) is 24.3 Å². The molecule has 1 aliphatic heterocycles. The highest BCUT2D eigenvalue weighted by Crippen LogP contribution is 2.41. The number of carbonyl (C=O) groups is 2. The maximum atomic E-state index is 12.7. The standard InChI is InChI=1S/C21H30N2O3/c1-3-26-21(25)18-6-4-5-13-23(18)14-19(24)22-20(17-11-12-17)16-9-7-15(2)8-10-16/h7-10,17-18,20H,3-6,11-14H2,1-2H3,(H,22,24)/t18-,20-/m0/s1. The van der Waals surface area contributed by atoms with Crippen molar-refractivity contribution in [1.29, 1.82) is 0 Å². The van der Waals surface area contributed by atoms with Crippen LogP contribution in [0.5, 0.6) is 0 Å². The van der Waals surface area contributed by atoms with Gasteiger partial charge in [-0.3, -0.25) is 14.5 Å². The third kappa shape index (κ3) is 4.85. The molecule has 0 bridgehead atoms. The van der Waals surface area contributed by atoms with Crippen LogP contribution in [0.25, 0.3) is 0 Å². The van der Waals surface area contributed by atoms with Gasteiger partial charge in [-0.2, -0.15) is 0 Å². The molecule has 1 aromatic carbocycles. The number of likely N-dealkylation sites (tertiary alicyclic amines) is 1. The molecule has 1 aliphatic carbocycles. The first-order valence-corrected chi connectivity index (χ1v) is 9.85. The molecule has 5 nitrogen and oxygen atoms in total. The number of hydrogen-bond donors (Lipinski definition) is 1. The van der Waals surface area contributed by atoms with Crippen molar-refractivity contribution in [2.45, 2.75) is 58.0 Å². The SMILES string of the molecule is CCOC(=O)[C@@H]1CCCCN1CC(=O)N[C@@H](c1ccc(C)cc1)C1CC1. The molecule has 1 saturated carbocycles. The normalized spacial score (nSPS) is 21.8. The zero-order valence-electron chi connectivity index (χ0n) is 15.9. The van der Waals surface area contributed by atoms with E-state index in [9.17, 15) is 9.59 Å². The predicted molar refractivity (Wildman–Crippen MR) is 101 cm³/mol. The third-order valence-electron chi connectivity index (χ3n) is 5.37. The quantitative estimate of drug-likeness (QED) is 0.761. The van der Waals surface area contributed by atoms with Crippen LogP contribution >= 0.6 is 0 Å². The van der Waals surface area contributed by atoms with Crippen molar-refractivity contribution in [2.24, 2.45) is 5.92 Å². The smallest absolute Gasteiger partial charge is 0.323 e. The second-order valence-electron chi connectivity index (χ2n) is 7.53. The van der Waals surface area contributed by atoms with E-state index in [2.05, 4.69) is 36.5 Å². The van der Waals surface area contributed by atoms with Gasteiger partial charge >= 0.3 is 5.97 Å². The number of hydrogen-bond acceptors (Lipinski definition) is 4. The Bertz CT molecular complexity index is 625. The number of aryl methyl sites for hydroxylation is 1. The summed E-state index contributed by atoms with van der Waals surface area (Å²) in [6.07, 6.45) is 5.13. The average Bonchev–Trinajstić information content (AvgIpc) is 3.46. The number of carbonyl (C=O) groups excluding carboxylic acids is 2. The Balaban J connectivity index is 1.62. The Morgan fingerprint density at radius 1 is 1.19 bits per heavy atom. The lowest BCUT2D eigenvalue weighted by Crippen LogP contribution is -2.50.